The lowest BCUT2D eigenvalue weighted by Crippen LogP contribution is -2.18. The van der Waals surface area contributed by atoms with E-state index in [4.69, 9.17) is 4.74 Å². The molecule has 3 rings (SSSR count). The summed E-state index contributed by atoms with van der Waals surface area (Å²) in [5.41, 5.74) is 4.94. The fourth-order valence-corrected chi connectivity index (χ4v) is 4.68. The first kappa shape index (κ1) is 21.3. The van der Waals surface area contributed by atoms with Gasteiger partial charge in [-0.1, -0.05) is 43.6 Å². The Labute approximate surface area is 175 Å². The molecule has 0 bridgehead atoms. The largest absolute Gasteiger partial charge is 0.507 e. The van der Waals surface area contributed by atoms with Gasteiger partial charge < -0.3 is 14.9 Å². The van der Waals surface area contributed by atoms with Gasteiger partial charge in [-0.2, -0.15) is 0 Å². The number of rotatable bonds is 7. The minimum absolute atomic E-state index is 0.0579. The highest BCUT2D eigenvalue weighted by Gasteiger charge is 2.32. The Morgan fingerprint density at radius 3 is 2.55 bits per heavy atom. The van der Waals surface area contributed by atoms with Crippen molar-refractivity contribution in [2.45, 2.75) is 71.1 Å². The van der Waals surface area contributed by atoms with Crippen molar-refractivity contribution in [3.8, 4) is 11.5 Å². The van der Waals surface area contributed by atoms with Gasteiger partial charge in [0, 0.05) is 23.0 Å². The van der Waals surface area contributed by atoms with Crippen LogP contribution >= 0.6 is 0 Å². The number of phenolic OH excluding ortho intramolecular Hbond substituents is 2. The van der Waals surface area contributed by atoms with Crippen LogP contribution in [0.25, 0.3) is 0 Å². The summed E-state index contributed by atoms with van der Waals surface area (Å²) in [7, 11) is 0. The van der Waals surface area contributed by atoms with Crippen molar-refractivity contribution in [2.75, 3.05) is 0 Å². The molecule has 1 heterocycles. The van der Waals surface area contributed by atoms with E-state index in [1.807, 2.05) is 25.1 Å². The molecule has 3 nitrogen and oxygen atoms in total. The number of unbranched alkanes of at least 4 members (excludes halogenated alkanes) is 2. The molecule has 0 saturated heterocycles. The molecular weight excluding hydrogens is 360 g/mol. The summed E-state index contributed by atoms with van der Waals surface area (Å²) >= 11 is 0. The van der Waals surface area contributed by atoms with Gasteiger partial charge in [0.2, 0.25) is 0 Å². The lowest BCUT2D eigenvalue weighted by molar-refractivity contribution is 0.386. The normalized spacial score (nSPS) is 21.7. The van der Waals surface area contributed by atoms with Crippen LogP contribution in [-0.2, 0) is 11.2 Å². The van der Waals surface area contributed by atoms with Gasteiger partial charge in [-0.05, 0) is 69.2 Å². The summed E-state index contributed by atoms with van der Waals surface area (Å²) in [5.74, 6) is 0.518. The predicted molar refractivity (Wildman–Crippen MR) is 119 cm³/mol. The average Bonchev–Trinajstić information content (AvgIpc) is 2.68. The lowest BCUT2D eigenvalue weighted by atomic mass is 9.72. The maximum Gasteiger partial charge on any atom is 0.127 e. The van der Waals surface area contributed by atoms with Gasteiger partial charge in [0.15, 0.2) is 0 Å². The standard InChI is InChI=1S/C26H34O3/c1-5-6-7-8-20-16-23(27)25(22-15-18(4)9-10-21(22)17(2)3)26(28)24(20)19-11-13-29-14-12-19/h11-16,19,21-22,27-28H,2,5-10H2,1,3-4H3. The van der Waals surface area contributed by atoms with E-state index in [2.05, 4.69) is 26.5 Å². The Hall–Kier alpha value is -2.42. The first-order chi connectivity index (χ1) is 13.9. The second-order valence-corrected chi connectivity index (χ2v) is 8.54. The van der Waals surface area contributed by atoms with E-state index in [9.17, 15) is 10.2 Å². The number of hydrogen-bond acceptors (Lipinski definition) is 3. The molecule has 1 aromatic rings. The van der Waals surface area contributed by atoms with Crippen molar-refractivity contribution in [2.24, 2.45) is 5.92 Å². The first-order valence-electron chi connectivity index (χ1n) is 10.8. The number of benzene rings is 1. The Balaban J connectivity index is 2.13. The number of aromatic hydroxyl groups is 2. The fourth-order valence-electron chi connectivity index (χ4n) is 4.68. The summed E-state index contributed by atoms with van der Waals surface area (Å²) in [6.45, 7) is 10.5. The number of hydrogen-bond donors (Lipinski definition) is 2. The summed E-state index contributed by atoms with van der Waals surface area (Å²) < 4.78 is 5.22. The molecule has 0 spiro atoms. The second-order valence-electron chi connectivity index (χ2n) is 8.54. The predicted octanol–water partition coefficient (Wildman–Crippen LogP) is 6.99. The minimum Gasteiger partial charge on any atom is -0.507 e. The molecule has 0 radical (unpaired) electrons. The van der Waals surface area contributed by atoms with Crippen LogP contribution in [0, 0.1) is 5.92 Å². The van der Waals surface area contributed by atoms with Crippen molar-refractivity contribution >= 4 is 0 Å². The Morgan fingerprint density at radius 2 is 1.90 bits per heavy atom. The fraction of sp³-hybridized carbons (Fsp3) is 0.462. The second kappa shape index (κ2) is 9.39. The summed E-state index contributed by atoms with van der Waals surface area (Å²) in [4.78, 5) is 0. The maximum absolute atomic E-state index is 11.5. The summed E-state index contributed by atoms with van der Waals surface area (Å²) in [5, 5.41) is 22.5. The average molecular weight is 395 g/mol. The van der Waals surface area contributed by atoms with Crippen molar-refractivity contribution in [1.29, 1.82) is 0 Å². The van der Waals surface area contributed by atoms with E-state index in [1.165, 1.54) is 5.57 Å². The van der Waals surface area contributed by atoms with Gasteiger partial charge in [0.05, 0.1) is 12.5 Å². The molecule has 0 aromatic heterocycles. The van der Waals surface area contributed by atoms with Crippen LogP contribution in [0.4, 0.5) is 0 Å². The van der Waals surface area contributed by atoms with Gasteiger partial charge in [-0.25, -0.2) is 0 Å². The molecule has 2 unspecified atom stereocenters. The zero-order chi connectivity index (χ0) is 21.0. The summed E-state index contributed by atoms with van der Waals surface area (Å²) in [6, 6.07) is 1.88. The van der Waals surface area contributed by atoms with Gasteiger partial charge in [-0.15, -0.1) is 0 Å². The molecule has 2 atom stereocenters. The van der Waals surface area contributed by atoms with E-state index in [-0.39, 0.29) is 29.3 Å². The highest BCUT2D eigenvalue weighted by Crippen LogP contribution is 2.49. The van der Waals surface area contributed by atoms with E-state index in [0.29, 0.717) is 5.56 Å². The molecule has 1 aliphatic heterocycles. The van der Waals surface area contributed by atoms with Crippen LogP contribution < -0.4 is 0 Å². The van der Waals surface area contributed by atoms with Crippen LogP contribution in [-0.4, -0.2) is 10.2 Å². The number of allylic oxidation sites excluding steroid dienone is 5. The van der Waals surface area contributed by atoms with E-state index >= 15 is 0 Å². The molecule has 3 heteroatoms. The zero-order valence-corrected chi connectivity index (χ0v) is 17.9. The molecule has 156 valence electrons. The molecule has 2 aliphatic rings. The molecule has 0 amide bonds. The molecule has 0 saturated carbocycles. The van der Waals surface area contributed by atoms with Crippen LogP contribution in [0.3, 0.4) is 0 Å². The third kappa shape index (κ3) is 4.60. The number of phenols is 2. The molecule has 1 aromatic carbocycles. The number of aryl methyl sites for hydroxylation is 1. The summed E-state index contributed by atoms with van der Waals surface area (Å²) in [6.07, 6.45) is 15.6. The molecule has 1 aliphatic carbocycles. The van der Waals surface area contributed by atoms with Gasteiger partial charge in [0.1, 0.15) is 11.5 Å². The maximum atomic E-state index is 11.5. The zero-order valence-electron chi connectivity index (χ0n) is 17.9. The van der Waals surface area contributed by atoms with Crippen LogP contribution in [0.5, 0.6) is 11.5 Å². The van der Waals surface area contributed by atoms with Gasteiger partial charge in [0.25, 0.3) is 0 Å². The van der Waals surface area contributed by atoms with Crippen LogP contribution in [0.15, 0.2) is 54.5 Å². The van der Waals surface area contributed by atoms with Crippen LogP contribution in [0.1, 0.15) is 81.4 Å². The molecular formula is C26H34O3. The SMILES string of the molecule is C=C(C)C1CCC(C)=CC1c1c(O)cc(CCCCC)c(C2C=COC=C2)c1O. The topological polar surface area (TPSA) is 49.7 Å². The Morgan fingerprint density at radius 1 is 1.17 bits per heavy atom. The van der Waals surface area contributed by atoms with Gasteiger partial charge in [-0.3, -0.25) is 0 Å². The monoisotopic (exact) mass is 394 g/mol. The van der Waals surface area contributed by atoms with Crippen molar-refractivity contribution in [3.63, 3.8) is 0 Å². The van der Waals surface area contributed by atoms with E-state index < -0.39 is 0 Å². The quantitative estimate of drug-likeness (QED) is 0.387. The van der Waals surface area contributed by atoms with E-state index in [0.717, 1.165) is 55.2 Å². The third-order valence-electron chi connectivity index (χ3n) is 6.27. The Bertz CT molecular complexity index is 832. The molecule has 2 N–H and O–H groups in total. The third-order valence-corrected chi connectivity index (χ3v) is 6.27. The lowest BCUT2D eigenvalue weighted by Gasteiger charge is -2.32. The molecule has 0 fully saturated rings. The highest BCUT2D eigenvalue weighted by molar-refractivity contribution is 5.59. The van der Waals surface area contributed by atoms with Crippen molar-refractivity contribution in [3.05, 3.63) is 71.2 Å². The Kier molecular flexibility index (Phi) is 6.89. The number of ether oxygens (including phenoxy) is 1. The smallest absolute Gasteiger partial charge is 0.127 e. The van der Waals surface area contributed by atoms with Crippen LogP contribution in [0.2, 0.25) is 0 Å². The van der Waals surface area contributed by atoms with Crippen molar-refractivity contribution in [1.82, 2.24) is 0 Å². The minimum atomic E-state index is -0.0586. The van der Waals surface area contributed by atoms with Gasteiger partial charge >= 0.3 is 0 Å². The van der Waals surface area contributed by atoms with E-state index in [1.54, 1.807) is 12.5 Å². The molecule has 29 heavy (non-hydrogen) atoms. The highest BCUT2D eigenvalue weighted by atomic mass is 16.5. The van der Waals surface area contributed by atoms with Crippen molar-refractivity contribution < 1.29 is 14.9 Å². The first-order valence-corrected chi connectivity index (χ1v) is 10.8.